The Labute approximate surface area is 56.6 Å². The van der Waals surface area contributed by atoms with E-state index in [-0.39, 0.29) is 0 Å². The molecule has 0 radical (unpaired) electrons. The Morgan fingerprint density at radius 2 is 2.44 bits per heavy atom. The van der Waals surface area contributed by atoms with Crippen molar-refractivity contribution in [2.24, 2.45) is 0 Å². The molecular formula is C5H6N2OS. The first-order valence-electron chi connectivity index (χ1n) is 2.68. The van der Waals surface area contributed by atoms with Crippen LogP contribution in [0.1, 0.15) is 11.3 Å². The van der Waals surface area contributed by atoms with E-state index in [2.05, 4.69) is 5.16 Å². The van der Waals surface area contributed by atoms with Gasteiger partial charge in [-0.2, -0.15) is 11.8 Å². The van der Waals surface area contributed by atoms with Gasteiger partial charge < -0.3 is 10.3 Å². The fourth-order valence-electron chi connectivity index (χ4n) is 0.874. The highest BCUT2D eigenvalue weighted by Crippen LogP contribution is 2.32. The van der Waals surface area contributed by atoms with E-state index < -0.39 is 0 Å². The van der Waals surface area contributed by atoms with Gasteiger partial charge in [-0.3, -0.25) is 0 Å². The Morgan fingerprint density at radius 3 is 3.22 bits per heavy atom. The molecule has 3 nitrogen and oxygen atoms in total. The quantitative estimate of drug-likeness (QED) is 0.587. The van der Waals surface area contributed by atoms with E-state index in [9.17, 15) is 0 Å². The van der Waals surface area contributed by atoms with Crippen molar-refractivity contribution in [3.8, 4) is 0 Å². The Morgan fingerprint density at radius 1 is 1.56 bits per heavy atom. The maximum Gasteiger partial charge on any atom is 0.226 e. The molecule has 0 aromatic carbocycles. The molecule has 0 amide bonds. The molecule has 0 saturated carbocycles. The Hall–Kier alpha value is -0.640. The van der Waals surface area contributed by atoms with Gasteiger partial charge in [0.1, 0.15) is 0 Å². The summed E-state index contributed by atoms with van der Waals surface area (Å²) in [6, 6.07) is 0. The average Bonchev–Trinajstić information content (AvgIpc) is 2.35. The first kappa shape index (κ1) is 5.17. The van der Waals surface area contributed by atoms with Crippen LogP contribution in [0.3, 0.4) is 0 Å². The molecule has 0 bridgehead atoms. The van der Waals surface area contributed by atoms with Crippen LogP contribution in [0.15, 0.2) is 4.52 Å². The molecule has 48 valence electrons. The third-order valence-corrected chi connectivity index (χ3v) is 2.36. The predicted molar refractivity (Wildman–Crippen MR) is 35.9 cm³/mol. The summed E-state index contributed by atoms with van der Waals surface area (Å²) in [5.41, 5.74) is 7.57. The first-order chi connectivity index (χ1) is 4.38. The first-order valence-corrected chi connectivity index (χ1v) is 3.84. The van der Waals surface area contributed by atoms with Crippen molar-refractivity contribution in [1.29, 1.82) is 0 Å². The van der Waals surface area contributed by atoms with Gasteiger partial charge in [0.05, 0.1) is 11.3 Å². The summed E-state index contributed by atoms with van der Waals surface area (Å²) in [6.45, 7) is 0. The summed E-state index contributed by atoms with van der Waals surface area (Å²) < 4.78 is 4.75. The molecule has 2 rings (SSSR count). The monoisotopic (exact) mass is 142 g/mol. The Bertz CT molecular complexity index is 233. The van der Waals surface area contributed by atoms with Gasteiger partial charge in [-0.15, -0.1) is 0 Å². The molecule has 0 unspecified atom stereocenters. The molecule has 1 aromatic heterocycles. The highest BCUT2D eigenvalue weighted by Gasteiger charge is 2.18. The molecule has 0 saturated heterocycles. The normalized spacial score (nSPS) is 16.0. The number of nitrogens with two attached hydrogens (primary N) is 1. The van der Waals surface area contributed by atoms with Crippen molar-refractivity contribution in [3.63, 3.8) is 0 Å². The van der Waals surface area contributed by atoms with Crippen molar-refractivity contribution in [2.75, 3.05) is 5.73 Å². The minimum atomic E-state index is 0.495. The molecule has 4 heteroatoms. The number of anilines is 1. The molecule has 0 atom stereocenters. The number of thioether (sulfide) groups is 1. The number of fused-ring (bicyclic) bond motifs is 1. The summed E-state index contributed by atoms with van der Waals surface area (Å²) in [5, 5.41) is 3.78. The lowest BCUT2D eigenvalue weighted by atomic mass is 10.3. The van der Waals surface area contributed by atoms with Crippen LogP contribution in [-0.2, 0) is 11.5 Å². The van der Waals surface area contributed by atoms with Crippen molar-refractivity contribution < 1.29 is 4.52 Å². The largest absolute Gasteiger partial charge is 0.367 e. The lowest BCUT2D eigenvalue weighted by Crippen LogP contribution is -1.84. The van der Waals surface area contributed by atoms with E-state index in [1.54, 1.807) is 0 Å². The minimum absolute atomic E-state index is 0.495. The highest BCUT2D eigenvalue weighted by atomic mass is 32.2. The van der Waals surface area contributed by atoms with Crippen LogP contribution in [0, 0.1) is 0 Å². The average molecular weight is 142 g/mol. The molecule has 1 aromatic rings. The fourth-order valence-corrected chi connectivity index (χ4v) is 1.91. The molecule has 0 fully saturated rings. The second-order valence-corrected chi connectivity index (χ2v) is 2.95. The zero-order chi connectivity index (χ0) is 6.27. The third-order valence-electron chi connectivity index (χ3n) is 1.39. The molecule has 1 aliphatic rings. The van der Waals surface area contributed by atoms with Crippen LogP contribution in [0.2, 0.25) is 0 Å². The number of nitrogen functional groups attached to an aromatic ring is 1. The second-order valence-electron chi connectivity index (χ2n) is 1.96. The topological polar surface area (TPSA) is 52.0 Å². The number of hydrogen-bond donors (Lipinski definition) is 1. The van der Waals surface area contributed by atoms with Crippen LogP contribution in [-0.4, -0.2) is 5.16 Å². The molecular weight excluding hydrogens is 136 g/mol. The van der Waals surface area contributed by atoms with Gasteiger partial charge in [-0.25, -0.2) is 0 Å². The van der Waals surface area contributed by atoms with E-state index in [0.717, 1.165) is 22.8 Å². The number of hydrogen-bond acceptors (Lipinski definition) is 4. The molecule has 0 aliphatic carbocycles. The van der Waals surface area contributed by atoms with Crippen LogP contribution in [0.4, 0.5) is 5.88 Å². The van der Waals surface area contributed by atoms with Gasteiger partial charge in [0.25, 0.3) is 0 Å². The summed E-state index contributed by atoms with van der Waals surface area (Å²) >= 11 is 1.82. The van der Waals surface area contributed by atoms with Crippen LogP contribution in [0.25, 0.3) is 0 Å². The SMILES string of the molecule is Nc1onc2c1CSC2. The van der Waals surface area contributed by atoms with Crippen molar-refractivity contribution in [2.45, 2.75) is 11.5 Å². The van der Waals surface area contributed by atoms with Crippen LogP contribution >= 0.6 is 11.8 Å². The molecule has 9 heavy (non-hydrogen) atoms. The zero-order valence-electron chi connectivity index (χ0n) is 4.76. The number of aromatic nitrogens is 1. The standard InChI is InChI=1S/C5H6N2OS/c6-5-3-1-9-2-4(3)7-8-5/h1-2,6H2. The summed E-state index contributed by atoms with van der Waals surface area (Å²) in [4.78, 5) is 0. The second kappa shape index (κ2) is 1.67. The smallest absolute Gasteiger partial charge is 0.226 e. The van der Waals surface area contributed by atoms with Crippen LogP contribution in [0.5, 0.6) is 0 Å². The maximum atomic E-state index is 5.45. The van der Waals surface area contributed by atoms with Gasteiger partial charge >= 0.3 is 0 Å². The summed E-state index contributed by atoms with van der Waals surface area (Å²) in [5.74, 6) is 2.41. The Kier molecular flexibility index (Phi) is 0.958. The van der Waals surface area contributed by atoms with Crippen molar-refractivity contribution in [1.82, 2.24) is 5.16 Å². The van der Waals surface area contributed by atoms with Crippen molar-refractivity contribution >= 4 is 17.6 Å². The molecule has 0 spiro atoms. The summed E-state index contributed by atoms with van der Waals surface area (Å²) in [6.07, 6.45) is 0. The van der Waals surface area contributed by atoms with Crippen molar-refractivity contribution in [3.05, 3.63) is 11.3 Å². The van der Waals surface area contributed by atoms with Gasteiger partial charge in [0.15, 0.2) is 0 Å². The fraction of sp³-hybridized carbons (Fsp3) is 0.400. The minimum Gasteiger partial charge on any atom is -0.367 e. The summed E-state index contributed by atoms with van der Waals surface area (Å²) in [7, 11) is 0. The van der Waals surface area contributed by atoms with Gasteiger partial charge in [0.2, 0.25) is 5.88 Å². The van der Waals surface area contributed by atoms with E-state index in [0.29, 0.717) is 5.88 Å². The lowest BCUT2D eigenvalue weighted by Gasteiger charge is -1.83. The number of nitrogens with zero attached hydrogens (tertiary/aromatic N) is 1. The molecule has 2 heterocycles. The predicted octanol–water partition coefficient (Wildman–Crippen LogP) is 1.00. The van der Waals surface area contributed by atoms with Crippen LogP contribution < -0.4 is 5.73 Å². The van der Waals surface area contributed by atoms with Gasteiger partial charge in [-0.1, -0.05) is 5.16 Å². The molecule has 1 aliphatic heterocycles. The maximum absolute atomic E-state index is 5.45. The van der Waals surface area contributed by atoms with Gasteiger partial charge in [-0.05, 0) is 0 Å². The Balaban J connectivity index is 2.56. The molecule has 2 N–H and O–H groups in total. The third kappa shape index (κ3) is 0.627. The van der Waals surface area contributed by atoms with E-state index in [1.165, 1.54) is 0 Å². The highest BCUT2D eigenvalue weighted by molar-refractivity contribution is 7.98. The van der Waals surface area contributed by atoms with E-state index >= 15 is 0 Å². The number of rotatable bonds is 0. The van der Waals surface area contributed by atoms with Gasteiger partial charge in [0, 0.05) is 11.5 Å². The lowest BCUT2D eigenvalue weighted by molar-refractivity contribution is 0.430. The van der Waals surface area contributed by atoms with E-state index in [1.807, 2.05) is 11.8 Å². The van der Waals surface area contributed by atoms with E-state index in [4.69, 9.17) is 10.3 Å². The zero-order valence-corrected chi connectivity index (χ0v) is 5.57.